The fourth-order valence-electron chi connectivity index (χ4n) is 4.94. The summed E-state index contributed by atoms with van der Waals surface area (Å²) in [6, 6.07) is 3.84. The molecule has 3 aliphatic rings. The minimum absolute atomic E-state index is 0.193. The zero-order valence-corrected chi connectivity index (χ0v) is 19.1. The van der Waals surface area contributed by atoms with Crippen molar-refractivity contribution in [2.24, 2.45) is 17.8 Å². The molecule has 7 nitrogen and oxygen atoms in total. The molecule has 8 heteroatoms. The number of pyridine rings is 1. The molecule has 0 N–H and O–H groups in total. The molecular weight excluding hydrogens is 426 g/mol. The Balaban J connectivity index is 0.997. The number of carbonyl (C=O) groups is 1. The third kappa shape index (κ3) is 5.14. The molecule has 2 aromatic rings. The second-order valence-electron chi connectivity index (χ2n) is 9.24. The molecule has 0 aromatic carbocycles. The van der Waals surface area contributed by atoms with Crippen LogP contribution in [0.25, 0.3) is 0 Å². The molecule has 3 fully saturated rings. The van der Waals surface area contributed by atoms with Gasteiger partial charge in [-0.05, 0) is 55.4 Å². The Morgan fingerprint density at radius 2 is 1.84 bits per heavy atom. The van der Waals surface area contributed by atoms with E-state index in [1.54, 1.807) is 18.6 Å². The number of rotatable bonds is 8. The number of aromatic nitrogens is 3. The minimum atomic E-state index is 0.193. The number of hydrogen-bond acceptors (Lipinski definition) is 6. The summed E-state index contributed by atoms with van der Waals surface area (Å²) in [5, 5.41) is 0.579. The molecule has 2 saturated heterocycles. The van der Waals surface area contributed by atoms with Crippen molar-refractivity contribution in [3.05, 3.63) is 41.3 Å². The highest BCUT2D eigenvalue weighted by atomic mass is 35.5. The lowest BCUT2D eigenvalue weighted by molar-refractivity contribution is -0.133. The lowest BCUT2D eigenvalue weighted by Crippen LogP contribution is -2.42. The van der Waals surface area contributed by atoms with Crippen LogP contribution in [0.3, 0.4) is 0 Å². The third-order valence-corrected chi connectivity index (χ3v) is 7.31. The van der Waals surface area contributed by atoms with Crippen LogP contribution >= 0.6 is 11.6 Å². The van der Waals surface area contributed by atoms with Gasteiger partial charge < -0.3 is 14.5 Å². The standard InChI is InChI=1S/C24H30ClN5O2/c25-20-15-27-24(28-16-20)30-9-4-18(5-10-30)21-13-19(21)6-11-32-22-3-2-17(14-26-22)12-23(31)29-7-1-8-29/h2-3,14-16,18-19,21H,1,4-13H2/t19-,21-/m1/s1. The summed E-state index contributed by atoms with van der Waals surface area (Å²) in [5.41, 5.74) is 0.951. The lowest BCUT2D eigenvalue weighted by atomic mass is 9.90. The predicted octanol–water partition coefficient (Wildman–Crippen LogP) is 3.62. The number of likely N-dealkylation sites (tertiary alicyclic amines) is 1. The Morgan fingerprint density at radius 1 is 1.06 bits per heavy atom. The van der Waals surface area contributed by atoms with Crippen LogP contribution in [0.15, 0.2) is 30.7 Å². The van der Waals surface area contributed by atoms with Crippen molar-refractivity contribution in [1.82, 2.24) is 19.9 Å². The van der Waals surface area contributed by atoms with Crippen molar-refractivity contribution >= 4 is 23.5 Å². The molecule has 2 aliphatic heterocycles. The van der Waals surface area contributed by atoms with E-state index in [1.807, 2.05) is 17.0 Å². The van der Waals surface area contributed by atoms with Crippen LogP contribution in [-0.4, -0.2) is 58.5 Å². The quantitative estimate of drug-likeness (QED) is 0.605. The second kappa shape index (κ2) is 9.61. The monoisotopic (exact) mass is 455 g/mol. The fourth-order valence-corrected chi connectivity index (χ4v) is 5.04. The van der Waals surface area contributed by atoms with Crippen molar-refractivity contribution in [3.8, 4) is 5.88 Å². The SMILES string of the molecule is O=C(Cc1ccc(OCC[C@@H]2C[C@@H]2C2CCN(c3ncc(Cl)cn3)CC2)nc1)N1CCC1. The van der Waals surface area contributed by atoms with Gasteiger partial charge in [-0.2, -0.15) is 0 Å². The van der Waals surface area contributed by atoms with Crippen LogP contribution in [0.2, 0.25) is 5.02 Å². The summed E-state index contributed by atoms with van der Waals surface area (Å²) in [5.74, 6) is 4.03. The predicted molar refractivity (Wildman–Crippen MR) is 123 cm³/mol. The summed E-state index contributed by atoms with van der Waals surface area (Å²) in [6.45, 7) is 4.53. The molecule has 0 spiro atoms. The smallest absolute Gasteiger partial charge is 0.227 e. The van der Waals surface area contributed by atoms with E-state index < -0.39 is 0 Å². The third-order valence-electron chi connectivity index (χ3n) is 7.11. The summed E-state index contributed by atoms with van der Waals surface area (Å²) < 4.78 is 5.87. The Morgan fingerprint density at radius 3 is 2.50 bits per heavy atom. The molecule has 5 rings (SSSR count). The molecule has 0 unspecified atom stereocenters. The number of piperidine rings is 1. The molecule has 0 bridgehead atoms. The van der Waals surface area contributed by atoms with Crippen molar-refractivity contribution in [1.29, 1.82) is 0 Å². The highest BCUT2D eigenvalue weighted by molar-refractivity contribution is 6.30. The molecular formula is C24H30ClN5O2. The average Bonchev–Trinajstić information content (AvgIpc) is 3.54. The van der Waals surface area contributed by atoms with Gasteiger partial charge in [-0.15, -0.1) is 0 Å². The highest BCUT2D eigenvalue weighted by Gasteiger charge is 2.43. The van der Waals surface area contributed by atoms with Crippen LogP contribution in [0.4, 0.5) is 5.95 Å². The van der Waals surface area contributed by atoms with Crippen LogP contribution in [0, 0.1) is 17.8 Å². The van der Waals surface area contributed by atoms with E-state index in [0.717, 1.165) is 68.3 Å². The number of anilines is 1. The maximum atomic E-state index is 12.1. The van der Waals surface area contributed by atoms with E-state index in [9.17, 15) is 4.79 Å². The number of halogens is 1. The van der Waals surface area contributed by atoms with Crippen LogP contribution in [0.5, 0.6) is 5.88 Å². The first-order valence-electron chi connectivity index (χ1n) is 11.7. The maximum Gasteiger partial charge on any atom is 0.227 e. The van der Waals surface area contributed by atoms with Crippen molar-refractivity contribution in [2.45, 2.75) is 38.5 Å². The Labute approximate surface area is 194 Å². The summed E-state index contributed by atoms with van der Waals surface area (Å²) in [4.78, 5) is 29.3. The van der Waals surface area contributed by atoms with E-state index in [-0.39, 0.29) is 5.91 Å². The van der Waals surface area contributed by atoms with E-state index in [4.69, 9.17) is 16.3 Å². The molecule has 1 saturated carbocycles. The van der Waals surface area contributed by atoms with E-state index in [2.05, 4.69) is 19.9 Å². The zero-order valence-electron chi connectivity index (χ0n) is 18.3. The Hall–Kier alpha value is -2.41. The fraction of sp³-hybridized carbons (Fsp3) is 0.583. The van der Waals surface area contributed by atoms with Crippen molar-refractivity contribution in [3.63, 3.8) is 0 Å². The van der Waals surface area contributed by atoms with E-state index >= 15 is 0 Å². The molecule has 4 heterocycles. The van der Waals surface area contributed by atoms with E-state index in [0.29, 0.717) is 23.9 Å². The zero-order chi connectivity index (χ0) is 21.9. The summed E-state index contributed by atoms with van der Waals surface area (Å²) >= 11 is 5.89. The molecule has 0 radical (unpaired) electrons. The van der Waals surface area contributed by atoms with Crippen molar-refractivity contribution in [2.75, 3.05) is 37.7 Å². The first-order valence-corrected chi connectivity index (χ1v) is 12.1. The maximum absolute atomic E-state index is 12.1. The highest BCUT2D eigenvalue weighted by Crippen LogP contribution is 2.49. The number of nitrogens with zero attached hydrogens (tertiary/aromatic N) is 5. The lowest BCUT2D eigenvalue weighted by Gasteiger charge is -2.32. The van der Waals surface area contributed by atoms with Crippen LogP contribution in [-0.2, 0) is 11.2 Å². The number of ether oxygens (including phenoxy) is 1. The first-order chi connectivity index (χ1) is 15.7. The minimum Gasteiger partial charge on any atom is -0.478 e. The van der Waals surface area contributed by atoms with Gasteiger partial charge in [-0.3, -0.25) is 4.79 Å². The van der Waals surface area contributed by atoms with Gasteiger partial charge in [0.1, 0.15) is 0 Å². The summed E-state index contributed by atoms with van der Waals surface area (Å²) in [6.07, 6.45) is 11.5. The molecule has 1 amide bonds. The molecule has 170 valence electrons. The average molecular weight is 456 g/mol. The molecule has 2 atom stereocenters. The van der Waals surface area contributed by atoms with Crippen molar-refractivity contribution < 1.29 is 9.53 Å². The molecule has 1 aliphatic carbocycles. The van der Waals surface area contributed by atoms with Gasteiger partial charge in [0, 0.05) is 38.4 Å². The summed E-state index contributed by atoms with van der Waals surface area (Å²) in [7, 11) is 0. The van der Waals surface area contributed by atoms with Gasteiger partial charge in [0.25, 0.3) is 0 Å². The second-order valence-corrected chi connectivity index (χ2v) is 9.67. The van der Waals surface area contributed by atoms with Crippen LogP contribution in [0.1, 0.15) is 37.7 Å². The van der Waals surface area contributed by atoms with E-state index in [1.165, 1.54) is 19.3 Å². The van der Waals surface area contributed by atoms with Crippen LogP contribution < -0.4 is 9.64 Å². The normalized spacial score (nSPS) is 23.0. The van der Waals surface area contributed by atoms with Gasteiger partial charge in [-0.25, -0.2) is 15.0 Å². The Bertz CT molecular complexity index is 911. The number of hydrogen-bond donors (Lipinski definition) is 0. The van der Waals surface area contributed by atoms with Gasteiger partial charge >= 0.3 is 0 Å². The number of carbonyl (C=O) groups excluding carboxylic acids is 1. The first kappa shape index (κ1) is 21.4. The Kier molecular flexibility index (Phi) is 6.44. The van der Waals surface area contributed by atoms with Gasteiger partial charge in [-0.1, -0.05) is 17.7 Å². The van der Waals surface area contributed by atoms with Gasteiger partial charge in [0.2, 0.25) is 17.7 Å². The van der Waals surface area contributed by atoms with Gasteiger partial charge in [0.05, 0.1) is 30.4 Å². The number of amides is 1. The van der Waals surface area contributed by atoms with Gasteiger partial charge in [0.15, 0.2) is 0 Å². The molecule has 32 heavy (non-hydrogen) atoms. The topological polar surface area (TPSA) is 71.5 Å². The largest absolute Gasteiger partial charge is 0.478 e. The molecule has 2 aromatic heterocycles.